The Labute approximate surface area is 148 Å². The summed E-state index contributed by atoms with van der Waals surface area (Å²) in [7, 11) is 0. The van der Waals surface area contributed by atoms with E-state index in [-0.39, 0.29) is 5.91 Å². The lowest BCUT2D eigenvalue weighted by Crippen LogP contribution is -2.17. The van der Waals surface area contributed by atoms with Crippen LogP contribution in [0.25, 0.3) is 21.0 Å². The third-order valence-corrected chi connectivity index (χ3v) is 5.45. The molecule has 0 N–H and O–H groups in total. The Morgan fingerprint density at radius 2 is 1.96 bits per heavy atom. The van der Waals surface area contributed by atoms with Crippen molar-refractivity contribution < 1.29 is 4.79 Å². The summed E-state index contributed by atoms with van der Waals surface area (Å²) >= 11 is 1.56. The molecule has 0 saturated heterocycles. The van der Waals surface area contributed by atoms with Crippen LogP contribution in [0, 0.1) is 0 Å². The van der Waals surface area contributed by atoms with Gasteiger partial charge in [-0.05, 0) is 31.4 Å². The summed E-state index contributed by atoms with van der Waals surface area (Å²) < 4.78 is 4.93. The van der Waals surface area contributed by atoms with E-state index >= 15 is 0 Å². The Morgan fingerprint density at radius 1 is 1.12 bits per heavy atom. The van der Waals surface area contributed by atoms with Crippen molar-refractivity contribution >= 4 is 38.2 Å². The molecule has 5 nitrogen and oxygen atoms in total. The number of carbonyl (C=O) groups excluding carboxylic acids is 1. The van der Waals surface area contributed by atoms with Crippen LogP contribution in [-0.2, 0) is 13.1 Å². The number of nitrogens with zero attached hydrogens (tertiary/aromatic N) is 4. The highest BCUT2D eigenvalue weighted by Gasteiger charge is 2.13. The van der Waals surface area contributed by atoms with Crippen LogP contribution in [0.3, 0.4) is 0 Å². The molecule has 0 spiro atoms. The Balaban J connectivity index is 1.95. The zero-order valence-electron chi connectivity index (χ0n) is 14.1. The second-order valence-corrected chi connectivity index (χ2v) is 6.69. The monoisotopic (exact) mass is 350 g/mol. The van der Waals surface area contributed by atoms with Crippen LogP contribution in [-0.4, -0.2) is 20.3 Å². The highest BCUT2D eigenvalue weighted by Crippen LogP contribution is 2.27. The molecule has 126 valence electrons. The Bertz CT molecular complexity index is 1150. The van der Waals surface area contributed by atoms with Gasteiger partial charge in [-0.3, -0.25) is 9.48 Å². The van der Waals surface area contributed by atoms with Gasteiger partial charge in [-0.15, -0.1) is 0 Å². The molecule has 0 aliphatic carbocycles. The molecule has 0 bridgehead atoms. The number of hydrogen-bond donors (Lipinski definition) is 0. The number of carbonyl (C=O) groups is 1. The molecule has 0 saturated carbocycles. The van der Waals surface area contributed by atoms with Crippen molar-refractivity contribution in [3.63, 3.8) is 0 Å². The second-order valence-electron chi connectivity index (χ2n) is 5.71. The van der Waals surface area contributed by atoms with Gasteiger partial charge in [0.05, 0.1) is 10.2 Å². The Hall–Kier alpha value is -2.73. The smallest absolute Gasteiger partial charge is 0.297 e. The summed E-state index contributed by atoms with van der Waals surface area (Å²) in [6, 6.07) is 14.2. The summed E-state index contributed by atoms with van der Waals surface area (Å²) in [5.74, 6) is -0.252. The van der Waals surface area contributed by atoms with Crippen molar-refractivity contribution in [1.82, 2.24) is 14.3 Å². The van der Waals surface area contributed by atoms with E-state index in [4.69, 9.17) is 0 Å². The number of thiazole rings is 1. The fraction of sp³-hybridized carbons (Fsp3) is 0.211. The normalized spacial score (nSPS) is 12.3. The Morgan fingerprint density at radius 3 is 2.76 bits per heavy atom. The summed E-state index contributed by atoms with van der Waals surface area (Å²) in [4.78, 5) is 17.8. The molecule has 0 unspecified atom stereocenters. The molecule has 4 rings (SSSR count). The van der Waals surface area contributed by atoms with Crippen LogP contribution in [0.15, 0.2) is 53.7 Å². The van der Waals surface area contributed by atoms with Gasteiger partial charge >= 0.3 is 0 Å². The van der Waals surface area contributed by atoms with Crippen molar-refractivity contribution in [3.05, 3.63) is 59.2 Å². The molecule has 25 heavy (non-hydrogen) atoms. The molecule has 0 radical (unpaired) electrons. The van der Waals surface area contributed by atoms with Crippen molar-refractivity contribution in [2.45, 2.75) is 26.9 Å². The topological polar surface area (TPSA) is 52.2 Å². The predicted molar refractivity (Wildman–Crippen MR) is 101 cm³/mol. The van der Waals surface area contributed by atoms with Crippen LogP contribution in [0.1, 0.15) is 24.3 Å². The van der Waals surface area contributed by atoms with Crippen LogP contribution in [0.2, 0.25) is 0 Å². The molecule has 2 heterocycles. The molecule has 0 atom stereocenters. The number of amides is 1. The van der Waals surface area contributed by atoms with Crippen molar-refractivity contribution in [2.24, 2.45) is 4.99 Å². The van der Waals surface area contributed by atoms with E-state index in [2.05, 4.69) is 45.8 Å². The maximum atomic E-state index is 12.6. The van der Waals surface area contributed by atoms with Gasteiger partial charge in [0.1, 0.15) is 5.69 Å². The molecule has 0 aliphatic heterocycles. The average Bonchev–Trinajstić information content (AvgIpc) is 3.25. The van der Waals surface area contributed by atoms with Gasteiger partial charge in [0.25, 0.3) is 5.91 Å². The molecule has 0 aliphatic rings. The maximum absolute atomic E-state index is 12.6. The van der Waals surface area contributed by atoms with E-state index in [0.29, 0.717) is 12.2 Å². The lowest BCUT2D eigenvalue weighted by Gasteiger charge is -2.02. The highest BCUT2D eigenvalue weighted by atomic mass is 32.1. The lowest BCUT2D eigenvalue weighted by atomic mass is 10.1. The maximum Gasteiger partial charge on any atom is 0.297 e. The first-order chi connectivity index (χ1) is 12.2. The standard InChI is InChI=1S/C19H18N4OS/c1-3-22-15-10-9-13-7-5-6-8-14(13)17(15)25-19(22)21-18(24)16-11-12-20-23(16)4-2/h5-12H,3-4H2,1-2H3. The van der Waals surface area contributed by atoms with E-state index in [1.54, 1.807) is 28.3 Å². The van der Waals surface area contributed by atoms with Gasteiger partial charge in [-0.1, -0.05) is 41.7 Å². The minimum absolute atomic E-state index is 0.252. The van der Waals surface area contributed by atoms with Crippen molar-refractivity contribution in [3.8, 4) is 0 Å². The molecular weight excluding hydrogens is 332 g/mol. The largest absolute Gasteiger partial charge is 0.317 e. The first-order valence-corrected chi connectivity index (χ1v) is 9.16. The van der Waals surface area contributed by atoms with Crippen molar-refractivity contribution in [2.75, 3.05) is 0 Å². The summed E-state index contributed by atoms with van der Waals surface area (Å²) in [5.41, 5.74) is 1.63. The fourth-order valence-electron chi connectivity index (χ4n) is 3.10. The molecule has 1 amide bonds. The Kier molecular flexibility index (Phi) is 3.97. The number of benzene rings is 2. The first-order valence-electron chi connectivity index (χ1n) is 8.35. The third kappa shape index (κ3) is 2.59. The molecule has 2 aromatic heterocycles. The molecule has 6 heteroatoms. The van der Waals surface area contributed by atoms with Crippen LogP contribution < -0.4 is 4.80 Å². The van der Waals surface area contributed by atoms with Crippen LogP contribution in [0.4, 0.5) is 0 Å². The summed E-state index contributed by atoms with van der Waals surface area (Å²) in [6.07, 6.45) is 1.64. The SMILES string of the molecule is CCn1nccc1C(=O)N=c1sc2c3ccccc3ccc2n1CC. The first kappa shape index (κ1) is 15.8. The average molecular weight is 350 g/mol. The number of aromatic nitrogens is 3. The van der Waals surface area contributed by atoms with E-state index in [0.717, 1.165) is 21.6 Å². The van der Waals surface area contributed by atoms with Gasteiger partial charge in [-0.2, -0.15) is 10.1 Å². The summed E-state index contributed by atoms with van der Waals surface area (Å²) in [6.45, 7) is 5.44. The van der Waals surface area contributed by atoms with E-state index < -0.39 is 0 Å². The van der Waals surface area contributed by atoms with E-state index in [9.17, 15) is 4.79 Å². The lowest BCUT2D eigenvalue weighted by molar-refractivity contribution is 0.0987. The molecule has 0 fully saturated rings. The van der Waals surface area contributed by atoms with Gasteiger partial charge < -0.3 is 4.57 Å². The molecule has 4 aromatic rings. The third-order valence-electron chi connectivity index (χ3n) is 4.32. The van der Waals surface area contributed by atoms with Gasteiger partial charge in [0, 0.05) is 24.7 Å². The second kappa shape index (κ2) is 6.29. The number of fused-ring (bicyclic) bond motifs is 3. The predicted octanol–water partition coefficient (Wildman–Crippen LogP) is 3.83. The van der Waals surface area contributed by atoms with E-state index in [1.165, 1.54) is 10.8 Å². The van der Waals surface area contributed by atoms with E-state index in [1.807, 2.05) is 19.1 Å². The van der Waals surface area contributed by atoms with Crippen LogP contribution >= 0.6 is 11.3 Å². The highest BCUT2D eigenvalue weighted by molar-refractivity contribution is 7.17. The van der Waals surface area contributed by atoms with Crippen molar-refractivity contribution in [1.29, 1.82) is 0 Å². The number of hydrogen-bond acceptors (Lipinski definition) is 3. The summed E-state index contributed by atoms with van der Waals surface area (Å²) in [5, 5.41) is 6.55. The number of aryl methyl sites for hydroxylation is 2. The minimum atomic E-state index is -0.252. The van der Waals surface area contributed by atoms with Gasteiger partial charge in [-0.25, -0.2) is 0 Å². The minimum Gasteiger partial charge on any atom is -0.317 e. The number of rotatable bonds is 3. The zero-order valence-corrected chi connectivity index (χ0v) is 15.0. The molecule has 2 aromatic carbocycles. The van der Waals surface area contributed by atoms with Crippen LogP contribution in [0.5, 0.6) is 0 Å². The molecular formula is C19H18N4OS. The van der Waals surface area contributed by atoms with Gasteiger partial charge in [0.2, 0.25) is 0 Å². The fourth-order valence-corrected chi connectivity index (χ4v) is 4.33. The zero-order chi connectivity index (χ0) is 17.4. The quantitative estimate of drug-likeness (QED) is 0.564. The van der Waals surface area contributed by atoms with Gasteiger partial charge in [0.15, 0.2) is 4.80 Å².